The van der Waals surface area contributed by atoms with Crippen LogP contribution in [0.5, 0.6) is 0 Å². The van der Waals surface area contributed by atoms with Gasteiger partial charge in [0.25, 0.3) is 0 Å². The van der Waals surface area contributed by atoms with Crippen molar-refractivity contribution in [1.29, 1.82) is 0 Å². The second-order valence-corrected chi connectivity index (χ2v) is 5.82. The zero-order valence-electron chi connectivity index (χ0n) is 12.7. The number of fused-ring (bicyclic) bond motifs is 1. The van der Waals surface area contributed by atoms with E-state index in [0.29, 0.717) is 24.6 Å². The molecule has 0 spiro atoms. The maximum atomic E-state index is 12.1. The molecule has 1 saturated heterocycles. The van der Waals surface area contributed by atoms with Gasteiger partial charge in [0.15, 0.2) is 5.65 Å². The molecule has 1 atom stereocenters. The highest BCUT2D eigenvalue weighted by Gasteiger charge is 2.26. The second kappa shape index (κ2) is 6.23. The van der Waals surface area contributed by atoms with Gasteiger partial charge in [0.1, 0.15) is 5.82 Å². The molecule has 1 aliphatic rings. The van der Waals surface area contributed by atoms with Gasteiger partial charge in [-0.25, -0.2) is 4.98 Å². The van der Waals surface area contributed by atoms with Crippen LogP contribution in [-0.4, -0.2) is 50.2 Å². The lowest BCUT2D eigenvalue weighted by Gasteiger charge is -2.32. The number of nitrogens with zero attached hydrogens (tertiary/aromatic N) is 3. The molecule has 0 aromatic carbocycles. The normalized spacial score (nSPS) is 18.3. The number of carbonyl (C=O) groups excluding carboxylic acids is 1. The van der Waals surface area contributed by atoms with Gasteiger partial charge in [-0.3, -0.25) is 14.7 Å². The van der Waals surface area contributed by atoms with E-state index in [1.54, 1.807) is 4.90 Å². The minimum atomic E-state index is -0.949. The van der Waals surface area contributed by atoms with Crippen molar-refractivity contribution in [3.05, 3.63) is 17.8 Å². The molecule has 1 amide bonds. The fourth-order valence-corrected chi connectivity index (χ4v) is 2.98. The predicted molar refractivity (Wildman–Crippen MR) is 83.7 cm³/mol. The molecule has 8 nitrogen and oxygen atoms in total. The van der Waals surface area contributed by atoms with Crippen molar-refractivity contribution in [2.45, 2.75) is 31.6 Å². The Morgan fingerprint density at radius 3 is 3.00 bits per heavy atom. The molecular formula is C15H19N5O3. The number of likely N-dealkylation sites (tertiary alicyclic amines) is 1. The molecule has 1 fully saturated rings. The van der Waals surface area contributed by atoms with Crippen LogP contribution in [0.4, 0.5) is 5.82 Å². The topological polar surface area (TPSA) is 125 Å². The Balaban J connectivity index is 1.71. The number of H-pyrrole nitrogens is 1. The van der Waals surface area contributed by atoms with Crippen molar-refractivity contribution in [2.75, 3.05) is 18.8 Å². The number of rotatable bonds is 4. The number of nitrogens with two attached hydrogens (primary N) is 1. The number of aliphatic carboxylic acids is 1. The Morgan fingerprint density at radius 2 is 2.22 bits per heavy atom. The van der Waals surface area contributed by atoms with Crippen molar-refractivity contribution < 1.29 is 14.7 Å². The van der Waals surface area contributed by atoms with Crippen LogP contribution in [0.15, 0.2) is 12.1 Å². The van der Waals surface area contributed by atoms with E-state index in [-0.39, 0.29) is 24.7 Å². The number of nitrogens with one attached hydrogen (secondary N) is 1. The molecule has 0 bridgehead atoms. The molecule has 1 aliphatic heterocycles. The highest BCUT2D eigenvalue weighted by Crippen LogP contribution is 2.28. The minimum Gasteiger partial charge on any atom is -0.481 e. The van der Waals surface area contributed by atoms with Crippen LogP contribution >= 0.6 is 0 Å². The van der Waals surface area contributed by atoms with E-state index in [1.807, 2.05) is 12.1 Å². The molecule has 2 aromatic rings. The number of nitrogen functional groups attached to an aromatic ring is 1. The molecule has 3 rings (SSSR count). The number of hydrogen-bond acceptors (Lipinski definition) is 5. The van der Waals surface area contributed by atoms with Crippen LogP contribution in [0.1, 0.15) is 37.3 Å². The molecule has 0 aliphatic carbocycles. The maximum Gasteiger partial charge on any atom is 0.303 e. The van der Waals surface area contributed by atoms with Gasteiger partial charge in [0.2, 0.25) is 5.91 Å². The van der Waals surface area contributed by atoms with Crippen LogP contribution in [0.2, 0.25) is 0 Å². The summed E-state index contributed by atoms with van der Waals surface area (Å²) in [5.74, 6) is -0.426. The Kier molecular flexibility index (Phi) is 4.14. The first-order chi connectivity index (χ1) is 11.0. The van der Waals surface area contributed by atoms with E-state index < -0.39 is 5.97 Å². The quantitative estimate of drug-likeness (QED) is 0.775. The summed E-state index contributed by atoms with van der Waals surface area (Å²) in [6.07, 6.45) is 1.74. The fourth-order valence-electron chi connectivity index (χ4n) is 2.98. The van der Waals surface area contributed by atoms with Gasteiger partial charge in [-0.2, -0.15) is 5.10 Å². The lowest BCUT2D eigenvalue weighted by molar-refractivity contribution is -0.141. The Morgan fingerprint density at radius 1 is 1.39 bits per heavy atom. The number of anilines is 1. The van der Waals surface area contributed by atoms with E-state index in [4.69, 9.17) is 10.8 Å². The minimum absolute atomic E-state index is 0.0460. The summed E-state index contributed by atoms with van der Waals surface area (Å²) in [6.45, 7) is 1.24. The van der Waals surface area contributed by atoms with E-state index in [0.717, 1.165) is 23.9 Å². The first-order valence-electron chi connectivity index (χ1n) is 7.64. The molecule has 23 heavy (non-hydrogen) atoms. The molecule has 8 heteroatoms. The summed E-state index contributed by atoms with van der Waals surface area (Å²) in [4.78, 5) is 29.0. The Labute approximate surface area is 132 Å². The van der Waals surface area contributed by atoms with Crippen LogP contribution in [0.25, 0.3) is 11.0 Å². The van der Waals surface area contributed by atoms with Crippen molar-refractivity contribution in [2.24, 2.45) is 0 Å². The third-order valence-electron chi connectivity index (χ3n) is 4.21. The van der Waals surface area contributed by atoms with Gasteiger partial charge in [-0.05, 0) is 25.0 Å². The largest absolute Gasteiger partial charge is 0.481 e. The Hall–Kier alpha value is -2.64. The molecular weight excluding hydrogens is 298 g/mol. The summed E-state index contributed by atoms with van der Waals surface area (Å²) < 4.78 is 0. The second-order valence-electron chi connectivity index (χ2n) is 5.82. The van der Waals surface area contributed by atoms with Crippen molar-refractivity contribution in [3.63, 3.8) is 0 Å². The standard InChI is InChI=1S/C15H19N5O3/c16-14-10-3-4-11(17-15(10)19-18-14)9-2-1-7-20(8-9)12(21)5-6-13(22)23/h3-4,9H,1-2,5-8H2,(H,22,23)(H3,16,17,18,19). The Bertz CT molecular complexity index is 742. The summed E-state index contributed by atoms with van der Waals surface area (Å²) in [7, 11) is 0. The van der Waals surface area contributed by atoms with Gasteiger partial charge in [0, 0.05) is 31.1 Å². The molecule has 3 heterocycles. The predicted octanol–water partition coefficient (Wildman–Crippen LogP) is 1.11. The van der Waals surface area contributed by atoms with Crippen LogP contribution < -0.4 is 5.73 Å². The van der Waals surface area contributed by atoms with E-state index in [9.17, 15) is 9.59 Å². The van der Waals surface area contributed by atoms with E-state index in [2.05, 4.69) is 15.2 Å². The smallest absolute Gasteiger partial charge is 0.303 e. The summed E-state index contributed by atoms with van der Waals surface area (Å²) in [5.41, 5.74) is 7.23. The van der Waals surface area contributed by atoms with Crippen molar-refractivity contribution in [3.8, 4) is 0 Å². The number of pyridine rings is 1. The third kappa shape index (κ3) is 3.25. The lowest BCUT2D eigenvalue weighted by atomic mass is 9.94. The monoisotopic (exact) mass is 317 g/mol. The highest BCUT2D eigenvalue weighted by molar-refractivity contribution is 5.85. The number of hydrogen-bond donors (Lipinski definition) is 3. The molecule has 4 N–H and O–H groups in total. The van der Waals surface area contributed by atoms with E-state index >= 15 is 0 Å². The first kappa shape index (κ1) is 15.3. The average molecular weight is 317 g/mol. The number of piperidine rings is 1. The van der Waals surface area contributed by atoms with Crippen molar-refractivity contribution in [1.82, 2.24) is 20.1 Å². The molecule has 0 saturated carbocycles. The third-order valence-corrected chi connectivity index (χ3v) is 4.21. The van der Waals surface area contributed by atoms with Crippen LogP contribution in [-0.2, 0) is 9.59 Å². The SMILES string of the molecule is Nc1[nH]nc2nc(C3CCCN(C(=O)CCC(=O)O)C3)ccc12. The van der Waals surface area contributed by atoms with Gasteiger partial charge in [-0.15, -0.1) is 0 Å². The number of carboxylic acid groups (broad SMARTS) is 1. The van der Waals surface area contributed by atoms with Crippen LogP contribution in [0.3, 0.4) is 0 Å². The fraction of sp³-hybridized carbons (Fsp3) is 0.467. The molecule has 2 aromatic heterocycles. The zero-order chi connectivity index (χ0) is 16.4. The summed E-state index contributed by atoms with van der Waals surface area (Å²) >= 11 is 0. The molecule has 0 radical (unpaired) electrons. The van der Waals surface area contributed by atoms with Gasteiger partial charge in [-0.1, -0.05) is 0 Å². The maximum absolute atomic E-state index is 12.1. The van der Waals surface area contributed by atoms with Gasteiger partial charge < -0.3 is 15.7 Å². The number of carbonyl (C=O) groups is 2. The molecule has 1 unspecified atom stereocenters. The zero-order valence-corrected chi connectivity index (χ0v) is 12.7. The van der Waals surface area contributed by atoms with Gasteiger partial charge in [0.05, 0.1) is 11.8 Å². The lowest BCUT2D eigenvalue weighted by Crippen LogP contribution is -2.39. The first-order valence-corrected chi connectivity index (χ1v) is 7.64. The number of amides is 1. The highest BCUT2D eigenvalue weighted by atomic mass is 16.4. The van der Waals surface area contributed by atoms with Crippen molar-refractivity contribution >= 4 is 28.7 Å². The average Bonchev–Trinajstić information content (AvgIpc) is 2.93. The number of aromatic amines is 1. The molecule has 122 valence electrons. The number of carboxylic acids is 1. The van der Waals surface area contributed by atoms with Crippen LogP contribution in [0, 0.1) is 0 Å². The number of aromatic nitrogens is 3. The summed E-state index contributed by atoms with van der Waals surface area (Å²) in [5, 5.41) is 16.3. The van der Waals surface area contributed by atoms with Gasteiger partial charge >= 0.3 is 5.97 Å². The van der Waals surface area contributed by atoms with E-state index in [1.165, 1.54) is 0 Å². The summed E-state index contributed by atoms with van der Waals surface area (Å²) in [6, 6.07) is 3.81.